The van der Waals surface area contributed by atoms with E-state index >= 15 is 0 Å². The lowest BCUT2D eigenvalue weighted by molar-refractivity contribution is 0.465. The normalized spacial score (nSPS) is 12.0. The smallest absolute Gasteiger partial charge is 0.144 e. The SMILES string of the molecule is CCNc1c(O)c(C(C)C)c(C(C)C)c2nc3ccccn3c12. The number of hydrogen-bond acceptors (Lipinski definition) is 3. The number of aromatic nitrogens is 2. The van der Waals surface area contributed by atoms with E-state index in [2.05, 4.69) is 37.4 Å². The minimum atomic E-state index is 0.235. The van der Waals surface area contributed by atoms with Crippen molar-refractivity contribution in [2.24, 2.45) is 0 Å². The second kappa shape index (κ2) is 5.76. The molecule has 0 aliphatic heterocycles. The van der Waals surface area contributed by atoms with Gasteiger partial charge in [0.1, 0.15) is 22.6 Å². The number of phenols is 1. The number of pyridine rings is 1. The second-order valence-corrected chi connectivity index (χ2v) is 6.63. The molecule has 23 heavy (non-hydrogen) atoms. The quantitative estimate of drug-likeness (QED) is 0.676. The van der Waals surface area contributed by atoms with Crippen LogP contribution >= 0.6 is 0 Å². The maximum Gasteiger partial charge on any atom is 0.144 e. The molecule has 0 aliphatic carbocycles. The predicted octanol–water partition coefficient (Wildman–Crippen LogP) is 4.87. The number of anilines is 1. The van der Waals surface area contributed by atoms with Crippen molar-refractivity contribution in [3.8, 4) is 5.75 Å². The van der Waals surface area contributed by atoms with Gasteiger partial charge >= 0.3 is 0 Å². The maximum absolute atomic E-state index is 11.0. The first kappa shape index (κ1) is 15.7. The zero-order valence-corrected chi connectivity index (χ0v) is 14.5. The predicted molar refractivity (Wildman–Crippen MR) is 96.7 cm³/mol. The van der Waals surface area contributed by atoms with Crippen LogP contribution in [0.3, 0.4) is 0 Å². The van der Waals surface area contributed by atoms with Crippen LogP contribution in [-0.2, 0) is 0 Å². The molecule has 2 aromatic heterocycles. The van der Waals surface area contributed by atoms with E-state index in [1.807, 2.05) is 31.3 Å². The molecule has 0 radical (unpaired) electrons. The molecule has 0 unspecified atom stereocenters. The first-order valence-corrected chi connectivity index (χ1v) is 8.36. The van der Waals surface area contributed by atoms with Crippen molar-refractivity contribution in [2.75, 3.05) is 11.9 Å². The van der Waals surface area contributed by atoms with Gasteiger partial charge in [-0.3, -0.25) is 4.40 Å². The lowest BCUT2D eigenvalue weighted by Gasteiger charge is -2.21. The molecule has 122 valence electrons. The van der Waals surface area contributed by atoms with Gasteiger partial charge in [-0.05, 0) is 36.5 Å². The molecular weight excluding hydrogens is 286 g/mol. The fraction of sp³-hybridized carbons (Fsp3) is 0.421. The molecule has 0 saturated heterocycles. The number of aromatic hydroxyl groups is 1. The number of benzene rings is 1. The Morgan fingerprint density at radius 2 is 1.83 bits per heavy atom. The summed E-state index contributed by atoms with van der Waals surface area (Å²) in [6, 6.07) is 5.99. The highest BCUT2D eigenvalue weighted by molar-refractivity contribution is 5.98. The third-order valence-corrected chi connectivity index (χ3v) is 4.31. The van der Waals surface area contributed by atoms with Crippen LogP contribution in [0, 0.1) is 0 Å². The van der Waals surface area contributed by atoms with Gasteiger partial charge in [0.05, 0.1) is 5.52 Å². The number of phenolic OH excluding ortho intramolecular Hbond substituents is 1. The number of imidazole rings is 1. The van der Waals surface area contributed by atoms with Crippen LogP contribution in [0.2, 0.25) is 0 Å². The van der Waals surface area contributed by atoms with Crippen LogP contribution in [0.1, 0.15) is 57.6 Å². The molecule has 3 aromatic rings. The molecule has 0 amide bonds. The summed E-state index contributed by atoms with van der Waals surface area (Å²) >= 11 is 0. The number of rotatable bonds is 4. The topological polar surface area (TPSA) is 49.6 Å². The van der Waals surface area contributed by atoms with Gasteiger partial charge in [0.2, 0.25) is 0 Å². The molecule has 0 aliphatic rings. The summed E-state index contributed by atoms with van der Waals surface area (Å²) in [6.45, 7) is 11.4. The minimum absolute atomic E-state index is 0.235. The minimum Gasteiger partial charge on any atom is -0.505 e. The van der Waals surface area contributed by atoms with Crippen LogP contribution in [-0.4, -0.2) is 21.0 Å². The van der Waals surface area contributed by atoms with Crippen LogP contribution in [0.25, 0.3) is 16.7 Å². The molecular formula is C19H25N3O. The molecule has 0 atom stereocenters. The molecule has 0 saturated carbocycles. The van der Waals surface area contributed by atoms with E-state index in [0.717, 1.165) is 40.0 Å². The summed E-state index contributed by atoms with van der Waals surface area (Å²) in [5.41, 5.74) is 5.81. The molecule has 0 fully saturated rings. The molecule has 1 aromatic carbocycles. The fourth-order valence-electron chi connectivity index (χ4n) is 3.44. The highest BCUT2D eigenvalue weighted by Gasteiger charge is 2.25. The van der Waals surface area contributed by atoms with E-state index in [4.69, 9.17) is 4.98 Å². The standard InChI is InChI=1S/C19H25N3O/c1-6-20-17-18-16(21-13-9-7-8-10-22(13)18)14(11(2)3)15(12(4)5)19(17)23/h7-12,20,23H,6H2,1-5H3. The lowest BCUT2D eigenvalue weighted by Crippen LogP contribution is -2.06. The molecule has 4 heteroatoms. The van der Waals surface area contributed by atoms with Gasteiger partial charge in [0, 0.05) is 18.3 Å². The van der Waals surface area contributed by atoms with E-state index in [-0.39, 0.29) is 5.92 Å². The van der Waals surface area contributed by atoms with Crippen molar-refractivity contribution in [2.45, 2.75) is 46.5 Å². The van der Waals surface area contributed by atoms with E-state index < -0.39 is 0 Å². The summed E-state index contributed by atoms with van der Waals surface area (Å²) in [6.07, 6.45) is 2.00. The first-order valence-electron chi connectivity index (χ1n) is 8.36. The summed E-state index contributed by atoms with van der Waals surface area (Å²) in [4.78, 5) is 4.88. The monoisotopic (exact) mass is 311 g/mol. The molecule has 0 spiro atoms. The van der Waals surface area contributed by atoms with Gasteiger partial charge in [-0.15, -0.1) is 0 Å². The first-order chi connectivity index (χ1) is 11.0. The number of nitrogens with zero attached hydrogens (tertiary/aromatic N) is 2. The number of fused-ring (bicyclic) bond motifs is 3. The van der Waals surface area contributed by atoms with E-state index in [9.17, 15) is 5.11 Å². The Balaban J connectivity index is 2.57. The average Bonchev–Trinajstić information content (AvgIpc) is 2.87. The highest BCUT2D eigenvalue weighted by Crippen LogP contribution is 2.45. The summed E-state index contributed by atoms with van der Waals surface area (Å²) < 4.78 is 2.06. The summed E-state index contributed by atoms with van der Waals surface area (Å²) in [5.74, 6) is 0.893. The van der Waals surface area contributed by atoms with Crippen LogP contribution < -0.4 is 5.32 Å². The van der Waals surface area contributed by atoms with Gasteiger partial charge in [0.25, 0.3) is 0 Å². The Kier molecular flexibility index (Phi) is 3.92. The molecule has 0 bridgehead atoms. The van der Waals surface area contributed by atoms with Gasteiger partial charge < -0.3 is 10.4 Å². The van der Waals surface area contributed by atoms with Crippen molar-refractivity contribution >= 4 is 22.4 Å². The Morgan fingerprint density at radius 3 is 2.43 bits per heavy atom. The van der Waals surface area contributed by atoms with Crippen LogP contribution in [0.15, 0.2) is 24.4 Å². The average molecular weight is 311 g/mol. The number of hydrogen-bond donors (Lipinski definition) is 2. The van der Waals surface area contributed by atoms with Crippen LogP contribution in [0.5, 0.6) is 5.75 Å². The van der Waals surface area contributed by atoms with E-state index in [0.29, 0.717) is 11.7 Å². The Bertz CT molecular complexity index is 862. The van der Waals surface area contributed by atoms with Crippen molar-refractivity contribution in [1.29, 1.82) is 0 Å². The van der Waals surface area contributed by atoms with E-state index in [1.165, 1.54) is 0 Å². The molecule has 2 heterocycles. The van der Waals surface area contributed by atoms with Crippen molar-refractivity contribution in [3.63, 3.8) is 0 Å². The third-order valence-electron chi connectivity index (χ3n) is 4.31. The summed E-state index contributed by atoms with van der Waals surface area (Å²) in [7, 11) is 0. The van der Waals surface area contributed by atoms with Gasteiger partial charge in [-0.25, -0.2) is 4.98 Å². The second-order valence-electron chi connectivity index (χ2n) is 6.63. The fourth-order valence-corrected chi connectivity index (χ4v) is 3.44. The van der Waals surface area contributed by atoms with Crippen molar-refractivity contribution < 1.29 is 5.11 Å². The van der Waals surface area contributed by atoms with E-state index in [1.54, 1.807) is 0 Å². The molecule has 2 N–H and O–H groups in total. The molecule has 4 nitrogen and oxygen atoms in total. The van der Waals surface area contributed by atoms with Crippen LogP contribution in [0.4, 0.5) is 5.69 Å². The van der Waals surface area contributed by atoms with Crippen molar-refractivity contribution in [1.82, 2.24) is 9.38 Å². The Labute approximate surface area is 137 Å². The lowest BCUT2D eigenvalue weighted by atomic mass is 9.87. The largest absolute Gasteiger partial charge is 0.505 e. The Morgan fingerprint density at radius 1 is 1.13 bits per heavy atom. The highest BCUT2D eigenvalue weighted by atomic mass is 16.3. The van der Waals surface area contributed by atoms with Gasteiger partial charge in [-0.2, -0.15) is 0 Å². The maximum atomic E-state index is 11.0. The zero-order valence-electron chi connectivity index (χ0n) is 14.5. The van der Waals surface area contributed by atoms with Gasteiger partial charge in [0.15, 0.2) is 0 Å². The summed E-state index contributed by atoms with van der Waals surface area (Å²) in [5, 5.41) is 14.3. The van der Waals surface area contributed by atoms with Crippen molar-refractivity contribution in [3.05, 3.63) is 35.5 Å². The molecule has 3 rings (SSSR count). The zero-order chi connectivity index (χ0) is 16.7. The Hall–Kier alpha value is -2.23. The van der Waals surface area contributed by atoms with Gasteiger partial charge in [-0.1, -0.05) is 33.8 Å². The third kappa shape index (κ3) is 2.33. The number of nitrogens with one attached hydrogen (secondary N) is 1.